The van der Waals surface area contributed by atoms with E-state index in [9.17, 15) is 14.7 Å². The lowest BCUT2D eigenvalue weighted by Crippen LogP contribution is -2.31. The number of aliphatic hydroxyl groups is 1. The molecular formula is C21H22BrN3O3. The van der Waals surface area contributed by atoms with Crippen molar-refractivity contribution in [3.8, 4) is 0 Å². The maximum absolute atomic E-state index is 12.6. The molecule has 6 nitrogen and oxygen atoms in total. The summed E-state index contributed by atoms with van der Waals surface area (Å²) in [4.78, 5) is 28.1. The van der Waals surface area contributed by atoms with Crippen molar-refractivity contribution in [2.75, 3.05) is 5.32 Å². The van der Waals surface area contributed by atoms with Crippen molar-refractivity contribution in [2.24, 2.45) is 5.92 Å². The molecule has 1 amide bonds. The number of hydrogen-bond donors (Lipinski definition) is 3. The summed E-state index contributed by atoms with van der Waals surface area (Å²) in [6, 6.07) is 13.1. The Hall–Kier alpha value is -2.38. The van der Waals surface area contributed by atoms with Crippen LogP contribution in [-0.2, 0) is 11.4 Å². The van der Waals surface area contributed by atoms with E-state index in [4.69, 9.17) is 0 Å². The fourth-order valence-electron chi connectivity index (χ4n) is 4.06. The van der Waals surface area contributed by atoms with Crippen LogP contribution in [0.25, 0.3) is 11.0 Å². The van der Waals surface area contributed by atoms with E-state index < -0.39 is 0 Å². The van der Waals surface area contributed by atoms with Gasteiger partial charge in [0.15, 0.2) is 0 Å². The molecule has 7 heteroatoms. The van der Waals surface area contributed by atoms with Crippen molar-refractivity contribution in [3.63, 3.8) is 0 Å². The van der Waals surface area contributed by atoms with Gasteiger partial charge in [-0.2, -0.15) is 0 Å². The zero-order chi connectivity index (χ0) is 19.7. The molecular weight excluding hydrogens is 422 g/mol. The van der Waals surface area contributed by atoms with Gasteiger partial charge in [0.2, 0.25) is 5.91 Å². The fourth-order valence-corrected chi connectivity index (χ4v) is 4.52. The second-order valence-electron chi connectivity index (χ2n) is 7.29. The van der Waals surface area contributed by atoms with Crippen LogP contribution in [0.2, 0.25) is 0 Å². The quantitative estimate of drug-likeness (QED) is 0.570. The van der Waals surface area contributed by atoms with Gasteiger partial charge in [0.05, 0.1) is 17.6 Å². The first-order chi connectivity index (χ1) is 13.6. The number of amides is 1. The molecule has 0 radical (unpaired) electrons. The number of hydrogen-bond acceptors (Lipinski definition) is 3. The number of rotatable bonds is 4. The second kappa shape index (κ2) is 7.93. The number of aromatic amines is 1. The van der Waals surface area contributed by atoms with E-state index in [1.54, 1.807) is 6.07 Å². The minimum Gasteiger partial charge on any atom is -0.392 e. The number of aliphatic hydroxyl groups excluding tert-OH is 1. The third kappa shape index (κ3) is 3.64. The maximum atomic E-state index is 12.6. The monoisotopic (exact) mass is 443 g/mol. The summed E-state index contributed by atoms with van der Waals surface area (Å²) < 4.78 is 2.71. The number of benzene rings is 2. The number of imidazole rings is 1. The Kier molecular flexibility index (Phi) is 5.37. The maximum Gasteiger partial charge on any atom is 0.326 e. The number of carbonyl (C=O) groups excluding carboxylic acids is 1. The van der Waals surface area contributed by atoms with Gasteiger partial charge in [-0.25, -0.2) is 4.79 Å². The Morgan fingerprint density at radius 1 is 1.18 bits per heavy atom. The van der Waals surface area contributed by atoms with Crippen LogP contribution in [0.4, 0.5) is 5.69 Å². The van der Waals surface area contributed by atoms with Crippen molar-refractivity contribution in [1.29, 1.82) is 0 Å². The number of nitrogens with zero attached hydrogens (tertiary/aromatic N) is 1. The SMILES string of the molecule is O=c1[nH]c2c(Br)cccc2n1[C@H]1CC[C@@H](C(=O)Nc2cccc(CO)c2)CC1. The highest BCUT2D eigenvalue weighted by Crippen LogP contribution is 2.34. The minimum absolute atomic E-state index is 0.00237. The summed E-state index contributed by atoms with van der Waals surface area (Å²) in [7, 11) is 0. The first-order valence-corrected chi connectivity index (χ1v) is 10.3. The molecule has 1 fully saturated rings. The largest absolute Gasteiger partial charge is 0.392 e. The lowest BCUT2D eigenvalue weighted by molar-refractivity contribution is -0.121. The summed E-state index contributed by atoms with van der Waals surface area (Å²) in [5, 5.41) is 12.2. The number of carbonyl (C=O) groups is 1. The van der Waals surface area contributed by atoms with Crippen molar-refractivity contribution in [3.05, 3.63) is 63.0 Å². The lowest BCUT2D eigenvalue weighted by atomic mass is 9.85. The minimum atomic E-state index is -0.101. The van der Waals surface area contributed by atoms with Crippen LogP contribution in [0.3, 0.4) is 0 Å². The summed E-state index contributed by atoms with van der Waals surface area (Å²) in [6.45, 7) is -0.0513. The highest BCUT2D eigenvalue weighted by Gasteiger charge is 2.29. The topological polar surface area (TPSA) is 87.1 Å². The van der Waals surface area contributed by atoms with E-state index in [1.165, 1.54) is 0 Å². The molecule has 2 aromatic carbocycles. The Balaban J connectivity index is 1.45. The van der Waals surface area contributed by atoms with Crippen molar-refractivity contribution >= 4 is 38.6 Å². The fraction of sp³-hybridized carbons (Fsp3) is 0.333. The molecule has 0 spiro atoms. The Morgan fingerprint density at radius 2 is 1.93 bits per heavy atom. The Labute approximate surface area is 170 Å². The van der Waals surface area contributed by atoms with Gasteiger partial charge in [-0.05, 0) is 71.4 Å². The standard InChI is InChI=1S/C21H22BrN3O3/c22-17-5-2-6-18-19(17)24-21(28)25(18)16-9-7-14(8-10-16)20(27)23-15-4-1-3-13(11-15)12-26/h1-6,11,14,16,26H,7-10,12H2,(H,23,27)(H,24,28)/t14-,16+. The van der Waals surface area contributed by atoms with Gasteiger partial charge >= 0.3 is 5.69 Å². The molecule has 0 unspecified atom stereocenters. The summed E-state index contributed by atoms with van der Waals surface area (Å²) in [5.41, 5.74) is 3.09. The van der Waals surface area contributed by atoms with E-state index in [-0.39, 0.29) is 30.2 Å². The molecule has 0 bridgehead atoms. The predicted molar refractivity (Wildman–Crippen MR) is 112 cm³/mol. The number of anilines is 1. The third-order valence-corrected chi connectivity index (χ3v) is 6.17. The van der Waals surface area contributed by atoms with E-state index in [1.807, 2.05) is 41.0 Å². The molecule has 0 saturated heterocycles. The number of fused-ring (bicyclic) bond motifs is 1. The van der Waals surface area contributed by atoms with E-state index >= 15 is 0 Å². The highest BCUT2D eigenvalue weighted by molar-refractivity contribution is 9.10. The van der Waals surface area contributed by atoms with E-state index in [0.717, 1.165) is 46.8 Å². The molecule has 1 aliphatic rings. The predicted octanol–water partition coefficient (Wildman–Crippen LogP) is 3.95. The molecule has 1 saturated carbocycles. The summed E-state index contributed by atoms with van der Waals surface area (Å²) in [6.07, 6.45) is 3.05. The van der Waals surface area contributed by atoms with Crippen LogP contribution >= 0.6 is 15.9 Å². The van der Waals surface area contributed by atoms with Crippen molar-refractivity contribution in [2.45, 2.75) is 38.3 Å². The average molecular weight is 444 g/mol. The molecule has 28 heavy (non-hydrogen) atoms. The molecule has 1 aliphatic carbocycles. The first kappa shape index (κ1) is 19.0. The van der Waals surface area contributed by atoms with Gasteiger partial charge in [-0.3, -0.25) is 9.36 Å². The van der Waals surface area contributed by atoms with Crippen LogP contribution in [0, 0.1) is 5.92 Å². The van der Waals surface area contributed by atoms with Crippen molar-refractivity contribution in [1.82, 2.24) is 9.55 Å². The number of aromatic nitrogens is 2. The molecule has 3 N–H and O–H groups in total. The molecule has 0 aliphatic heterocycles. The van der Waals surface area contributed by atoms with Crippen LogP contribution in [0.15, 0.2) is 51.7 Å². The van der Waals surface area contributed by atoms with Crippen LogP contribution in [-0.4, -0.2) is 20.6 Å². The second-order valence-corrected chi connectivity index (χ2v) is 8.14. The third-order valence-electron chi connectivity index (χ3n) is 5.51. The average Bonchev–Trinajstić information content (AvgIpc) is 3.05. The molecule has 4 rings (SSSR count). The van der Waals surface area contributed by atoms with Crippen molar-refractivity contribution < 1.29 is 9.90 Å². The van der Waals surface area contributed by atoms with Crippen LogP contribution in [0.1, 0.15) is 37.3 Å². The Bertz CT molecular complexity index is 1060. The van der Waals surface area contributed by atoms with Gasteiger partial charge in [0.1, 0.15) is 0 Å². The van der Waals surface area contributed by atoms with Crippen LogP contribution in [0.5, 0.6) is 0 Å². The zero-order valence-corrected chi connectivity index (χ0v) is 16.9. The van der Waals surface area contributed by atoms with Gasteiger partial charge in [-0.15, -0.1) is 0 Å². The molecule has 1 heterocycles. The summed E-state index contributed by atoms with van der Waals surface area (Å²) in [5.74, 6) is -0.0655. The lowest BCUT2D eigenvalue weighted by Gasteiger charge is -2.28. The summed E-state index contributed by atoms with van der Waals surface area (Å²) >= 11 is 3.49. The number of H-pyrrole nitrogens is 1. The van der Waals surface area contributed by atoms with Gasteiger partial charge in [-0.1, -0.05) is 18.2 Å². The van der Waals surface area contributed by atoms with Gasteiger partial charge in [0, 0.05) is 22.1 Å². The normalized spacial score (nSPS) is 19.6. The molecule has 1 aromatic heterocycles. The number of halogens is 1. The molecule has 0 atom stereocenters. The zero-order valence-electron chi connectivity index (χ0n) is 15.3. The smallest absolute Gasteiger partial charge is 0.326 e. The Morgan fingerprint density at radius 3 is 2.68 bits per heavy atom. The molecule has 146 valence electrons. The van der Waals surface area contributed by atoms with Crippen LogP contribution < -0.4 is 11.0 Å². The van der Waals surface area contributed by atoms with Gasteiger partial charge < -0.3 is 15.4 Å². The van der Waals surface area contributed by atoms with E-state index in [0.29, 0.717) is 5.69 Å². The molecule has 3 aromatic rings. The number of nitrogens with one attached hydrogen (secondary N) is 2. The highest BCUT2D eigenvalue weighted by atomic mass is 79.9. The van der Waals surface area contributed by atoms with E-state index in [2.05, 4.69) is 26.2 Å². The van der Waals surface area contributed by atoms with Gasteiger partial charge in [0.25, 0.3) is 0 Å². The number of para-hydroxylation sites is 1. The first-order valence-electron chi connectivity index (χ1n) is 9.46.